The summed E-state index contributed by atoms with van der Waals surface area (Å²) in [6.45, 7) is 1.27. The molecule has 0 aliphatic rings. The summed E-state index contributed by atoms with van der Waals surface area (Å²) in [7, 11) is 0. The molecule has 4 aromatic rings. The van der Waals surface area contributed by atoms with Gasteiger partial charge in [0.25, 0.3) is 0 Å². The van der Waals surface area contributed by atoms with Crippen molar-refractivity contribution in [1.82, 2.24) is 10.6 Å². The lowest BCUT2D eigenvalue weighted by molar-refractivity contribution is -0.130. The Bertz CT molecular complexity index is 1370. The van der Waals surface area contributed by atoms with Crippen LogP contribution in [0.15, 0.2) is 78.9 Å². The molecule has 0 bridgehead atoms. The number of primary amides is 1. The Kier molecular flexibility index (Phi) is 7.06. The monoisotopic (exact) mass is 471 g/mol. The van der Waals surface area contributed by atoms with Gasteiger partial charge < -0.3 is 16.4 Å². The molecule has 0 heterocycles. The SMILES string of the molecule is CC(=O)N[C@H](Cc1ccccc1F)C(=O)N[C@@H](Cc1c2ccccc2cc2ccccc12)C(N)=O. The first kappa shape index (κ1) is 23.9. The Hall–Kier alpha value is -4.26. The van der Waals surface area contributed by atoms with Crippen molar-refractivity contribution in [2.45, 2.75) is 31.8 Å². The molecule has 35 heavy (non-hydrogen) atoms. The maximum absolute atomic E-state index is 14.2. The van der Waals surface area contributed by atoms with Crippen molar-refractivity contribution >= 4 is 39.3 Å². The molecule has 0 radical (unpaired) electrons. The second kappa shape index (κ2) is 10.3. The van der Waals surface area contributed by atoms with Crippen LogP contribution in [0.1, 0.15) is 18.1 Å². The van der Waals surface area contributed by atoms with Gasteiger partial charge in [-0.1, -0.05) is 66.7 Å². The Labute approximate surface area is 202 Å². The molecule has 0 saturated carbocycles. The Balaban J connectivity index is 1.65. The second-order valence-electron chi connectivity index (χ2n) is 8.51. The fourth-order valence-electron chi connectivity index (χ4n) is 4.37. The average molecular weight is 472 g/mol. The lowest BCUT2D eigenvalue weighted by Crippen LogP contribution is -2.54. The van der Waals surface area contributed by atoms with Crippen molar-refractivity contribution in [2.75, 3.05) is 0 Å². The molecule has 0 aromatic heterocycles. The third-order valence-electron chi connectivity index (χ3n) is 6.03. The van der Waals surface area contributed by atoms with Crippen LogP contribution in [0, 0.1) is 5.82 Å². The van der Waals surface area contributed by atoms with Crippen molar-refractivity contribution in [3.8, 4) is 0 Å². The molecule has 0 fully saturated rings. The summed E-state index contributed by atoms with van der Waals surface area (Å²) in [4.78, 5) is 37.4. The van der Waals surface area contributed by atoms with Crippen LogP contribution in [0.3, 0.4) is 0 Å². The van der Waals surface area contributed by atoms with Gasteiger partial charge in [0.15, 0.2) is 0 Å². The minimum atomic E-state index is -1.07. The molecule has 4 N–H and O–H groups in total. The number of nitrogens with two attached hydrogens (primary N) is 1. The van der Waals surface area contributed by atoms with E-state index in [1.165, 1.54) is 13.0 Å². The zero-order chi connectivity index (χ0) is 24.9. The molecule has 3 amide bonds. The first-order valence-corrected chi connectivity index (χ1v) is 11.3. The molecule has 0 unspecified atom stereocenters. The molecule has 2 atom stereocenters. The van der Waals surface area contributed by atoms with E-state index in [0.717, 1.165) is 27.1 Å². The number of hydrogen-bond acceptors (Lipinski definition) is 3. The topological polar surface area (TPSA) is 101 Å². The summed E-state index contributed by atoms with van der Waals surface area (Å²) >= 11 is 0. The zero-order valence-corrected chi connectivity index (χ0v) is 19.3. The van der Waals surface area contributed by atoms with Gasteiger partial charge in [-0.25, -0.2) is 4.39 Å². The number of hydrogen-bond donors (Lipinski definition) is 3. The highest BCUT2D eigenvalue weighted by molar-refractivity contribution is 6.03. The van der Waals surface area contributed by atoms with Gasteiger partial charge >= 0.3 is 0 Å². The molecule has 0 saturated heterocycles. The molecule has 4 rings (SSSR count). The number of fused-ring (bicyclic) bond motifs is 2. The molecule has 7 heteroatoms. The third kappa shape index (κ3) is 5.46. The molecule has 0 aliphatic carbocycles. The number of nitrogens with one attached hydrogen (secondary N) is 2. The van der Waals surface area contributed by atoms with Crippen molar-refractivity contribution in [1.29, 1.82) is 0 Å². The first-order valence-electron chi connectivity index (χ1n) is 11.3. The molecule has 0 aliphatic heterocycles. The number of carbonyl (C=O) groups is 3. The van der Waals surface area contributed by atoms with Crippen molar-refractivity contribution in [3.05, 3.63) is 95.8 Å². The standard InChI is InChI=1S/C28H26FN3O3/c1-17(33)31-26(15-20-10-4-7-13-24(20)29)28(35)32-25(27(30)34)16-23-21-11-5-2-8-18(21)14-19-9-3-6-12-22(19)23/h2-14,25-26H,15-16H2,1H3,(H2,30,34)(H,31,33)(H,32,35)/t25-,26+/m0/s1. The maximum atomic E-state index is 14.2. The van der Waals surface area contributed by atoms with E-state index in [0.29, 0.717) is 0 Å². The van der Waals surface area contributed by atoms with E-state index in [4.69, 9.17) is 5.73 Å². The maximum Gasteiger partial charge on any atom is 0.243 e. The average Bonchev–Trinajstić information content (AvgIpc) is 2.83. The molecular weight excluding hydrogens is 445 g/mol. The van der Waals surface area contributed by atoms with Crippen LogP contribution in [0.2, 0.25) is 0 Å². The van der Waals surface area contributed by atoms with Crippen LogP contribution in [0.5, 0.6) is 0 Å². The number of rotatable bonds is 8. The summed E-state index contributed by atoms with van der Waals surface area (Å²) in [5.41, 5.74) is 6.86. The van der Waals surface area contributed by atoms with Gasteiger partial charge in [-0.2, -0.15) is 0 Å². The van der Waals surface area contributed by atoms with E-state index < -0.39 is 35.6 Å². The number of halogens is 1. The highest BCUT2D eigenvalue weighted by Gasteiger charge is 2.27. The van der Waals surface area contributed by atoms with Crippen LogP contribution < -0.4 is 16.4 Å². The van der Waals surface area contributed by atoms with Crippen LogP contribution in [0.4, 0.5) is 4.39 Å². The zero-order valence-electron chi connectivity index (χ0n) is 19.3. The van der Waals surface area contributed by atoms with Gasteiger partial charge in [0, 0.05) is 19.8 Å². The molecule has 178 valence electrons. The van der Waals surface area contributed by atoms with E-state index in [1.807, 2.05) is 48.5 Å². The van der Waals surface area contributed by atoms with E-state index in [2.05, 4.69) is 16.7 Å². The Morgan fingerprint density at radius 2 is 1.37 bits per heavy atom. The van der Waals surface area contributed by atoms with Crippen LogP contribution in [-0.4, -0.2) is 29.8 Å². The van der Waals surface area contributed by atoms with Crippen LogP contribution >= 0.6 is 0 Å². The molecule has 0 spiro atoms. The smallest absolute Gasteiger partial charge is 0.243 e. The summed E-state index contributed by atoms with van der Waals surface area (Å²) < 4.78 is 14.2. The third-order valence-corrected chi connectivity index (χ3v) is 6.03. The van der Waals surface area contributed by atoms with E-state index in [1.54, 1.807) is 18.2 Å². The number of amides is 3. The summed E-state index contributed by atoms with van der Waals surface area (Å²) in [6.07, 6.45) is 0.0934. The highest BCUT2D eigenvalue weighted by atomic mass is 19.1. The van der Waals surface area contributed by atoms with Crippen LogP contribution in [0.25, 0.3) is 21.5 Å². The largest absolute Gasteiger partial charge is 0.368 e. The van der Waals surface area contributed by atoms with Crippen molar-refractivity contribution < 1.29 is 18.8 Å². The summed E-state index contributed by atoms with van der Waals surface area (Å²) in [5.74, 6) is -2.25. The summed E-state index contributed by atoms with van der Waals surface area (Å²) in [5, 5.41) is 9.16. The lowest BCUT2D eigenvalue weighted by Gasteiger charge is -2.23. The fourth-order valence-corrected chi connectivity index (χ4v) is 4.37. The minimum Gasteiger partial charge on any atom is -0.368 e. The van der Waals surface area contributed by atoms with E-state index in [9.17, 15) is 18.8 Å². The van der Waals surface area contributed by atoms with Gasteiger partial charge in [0.05, 0.1) is 0 Å². The minimum absolute atomic E-state index is 0.0687. The van der Waals surface area contributed by atoms with Gasteiger partial charge in [-0.3, -0.25) is 14.4 Å². The fraction of sp³-hybridized carbons (Fsp3) is 0.179. The van der Waals surface area contributed by atoms with Crippen molar-refractivity contribution in [2.24, 2.45) is 5.73 Å². The predicted molar refractivity (Wildman–Crippen MR) is 134 cm³/mol. The van der Waals surface area contributed by atoms with Crippen LogP contribution in [-0.2, 0) is 27.2 Å². The first-order chi connectivity index (χ1) is 16.8. The normalized spacial score (nSPS) is 12.7. The quantitative estimate of drug-likeness (QED) is 0.343. The van der Waals surface area contributed by atoms with Gasteiger partial charge in [-0.05, 0) is 44.8 Å². The van der Waals surface area contributed by atoms with Gasteiger partial charge in [0.2, 0.25) is 17.7 Å². The summed E-state index contributed by atoms with van der Waals surface area (Å²) in [6, 6.07) is 21.6. The van der Waals surface area contributed by atoms with Gasteiger partial charge in [0.1, 0.15) is 17.9 Å². The van der Waals surface area contributed by atoms with E-state index in [-0.39, 0.29) is 18.4 Å². The highest BCUT2D eigenvalue weighted by Crippen LogP contribution is 2.29. The second-order valence-corrected chi connectivity index (χ2v) is 8.51. The number of benzene rings is 4. The Morgan fingerprint density at radius 1 is 0.800 bits per heavy atom. The molecular formula is C28H26FN3O3. The number of carbonyl (C=O) groups excluding carboxylic acids is 3. The Morgan fingerprint density at radius 3 is 1.94 bits per heavy atom. The molecule has 6 nitrogen and oxygen atoms in total. The molecule has 4 aromatic carbocycles. The van der Waals surface area contributed by atoms with Crippen molar-refractivity contribution in [3.63, 3.8) is 0 Å². The predicted octanol–water partition coefficient (Wildman–Crippen LogP) is 3.39. The lowest BCUT2D eigenvalue weighted by atomic mass is 9.92. The van der Waals surface area contributed by atoms with Gasteiger partial charge in [-0.15, -0.1) is 0 Å². The van der Waals surface area contributed by atoms with E-state index >= 15 is 0 Å².